The van der Waals surface area contributed by atoms with Crippen LogP contribution in [0, 0.1) is 17.0 Å². The van der Waals surface area contributed by atoms with Crippen molar-refractivity contribution in [1.82, 2.24) is 19.6 Å². The molecule has 0 aliphatic carbocycles. The fourth-order valence-electron chi connectivity index (χ4n) is 3.24. The van der Waals surface area contributed by atoms with Crippen molar-refractivity contribution in [2.75, 3.05) is 0 Å². The Morgan fingerprint density at radius 2 is 1.96 bits per heavy atom. The molecule has 0 bridgehead atoms. The molecule has 2 aromatic heterocycles. The van der Waals surface area contributed by atoms with E-state index < -0.39 is 10.8 Å². The van der Waals surface area contributed by atoms with E-state index in [1.807, 2.05) is 35.9 Å². The van der Waals surface area contributed by atoms with Crippen LogP contribution in [0.3, 0.4) is 0 Å². The number of hydrogen-bond donors (Lipinski definition) is 1. The lowest BCUT2D eigenvalue weighted by Gasteiger charge is -2.01. The number of carbonyl (C=O) groups is 1. The SMILES string of the molecule is Cc1nn2c3ccccc3n(C)c2c1C(=O)N/N=C/c1cccc([N+](=O)[O-])c1. The van der Waals surface area contributed by atoms with Crippen molar-refractivity contribution < 1.29 is 9.72 Å². The number of hydrogen-bond acceptors (Lipinski definition) is 5. The quantitative estimate of drug-likeness (QED) is 0.336. The molecule has 4 rings (SSSR count). The molecule has 0 fully saturated rings. The van der Waals surface area contributed by atoms with Crippen LogP contribution in [0.5, 0.6) is 0 Å². The minimum absolute atomic E-state index is 0.0417. The molecule has 0 saturated carbocycles. The van der Waals surface area contributed by atoms with Crippen molar-refractivity contribution in [3.8, 4) is 0 Å². The summed E-state index contributed by atoms with van der Waals surface area (Å²) in [6, 6.07) is 13.7. The minimum atomic E-state index is -0.483. The highest BCUT2D eigenvalue weighted by atomic mass is 16.6. The zero-order chi connectivity index (χ0) is 19.8. The fraction of sp³-hybridized carbons (Fsp3) is 0.105. The van der Waals surface area contributed by atoms with Crippen LogP contribution in [0.4, 0.5) is 5.69 Å². The number of nitrogens with zero attached hydrogens (tertiary/aromatic N) is 5. The molecule has 0 unspecified atom stereocenters. The van der Waals surface area contributed by atoms with Crippen molar-refractivity contribution in [1.29, 1.82) is 0 Å². The van der Waals surface area contributed by atoms with E-state index in [0.29, 0.717) is 22.5 Å². The number of amides is 1. The van der Waals surface area contributed by atoms with Gasteiger partial charge in [-0.3, -0.25) is 14.9 Å². The number of nitrogens with one attached hydrogen (secondary N) is 1. The third-order valence-corrected chi connectivity index (χ3v) is 4.51. The van der Waals surface area contributed by atoms with Crippen molar-refractivity contribution in [2.24, 2.45) is 12.1 Å². The molecule has 0 spiro atoms. The highest BCUT2D eigenvalue weighted by Crippen LogP contribution is 2.24. The highest BCUT2D eigenvalue weighted by molar-refractivity contribution is 6.03. The zero-order valence-electron chi connectivity index (χ0n) is 15.2. The number of non-ortho nitro benzene ring substituents is 1. The van der Waals surface area contributed by atoms with E-state index in [0.717, 1.165) is 11.0 Å². The third-order valence-electron chi connectivity index (χ3n) is 4.51. The number of hydrazone groups is 1. The van der Waals surface area contributed by atoms with Gasteiger partial charge in [0.25, 0.3) is 11.6 Å². The van der Waals surface area contributed by atoms with E-state index in [-0.39, 0.29) is 5.69 Å². The maximum atomic E-state index is 12.7. The molecular weight excluding hydrogens is 360 g/mol. The maximum Gasteiger partial charge on any atom is 0.277 e. The molecule has 9 heteroatoms. The Hall–Kier alpha value is -4.01. The Balaban J connectivity index is 1.65. The van der Waals surface area contributed by atoms with Gasteiger partial charge in [0.1, 0.15) is 11.2 Å². The molecule has 4 aromatic rings. The Kier molecular flexibility index (Phi) is 4.11. The van der Waals surface area contributed by atoms with Crippen LogP contribution >= 0.6 is 0 Å². The summed E-state index contributed by atoms with van der Waals surface area (Å²) in [5.41, 5.74) is 6.49. The fourth-order valence-corrected chi connectivity index (χ4v) is 3.24. The first kappa shape index (κ1) is 17.4. The smallest absolute Gasteiger partial charge is 0.277 e. The summed E-state index contributed by atoms with van der Waals surface area (Å²) in [4.78, 5) is 23.1. The molecule has 0 radical (unpaired) electrons. The predicted molar refractivity (Wildman–Crippen MR) is 105 cm³/mol. The molecule has 9 nitrogen and oxygen atoms in total. The summed E-state index contributed by atoms with van der Waals surface area (Å²) >= 11 is 0. The Morgan fingerprint density at radius 1 is 1.21 bits per heavy atom. The van der Waals surface area contributed by atoms with Gasteiger partial charge in [0, 0.05) is 24.7 Å². The van der Waals surface area contributed by atoms with Crippen molar-refractivity contribution in [3.05, 3.63) is 75.5 Å². The third kappa shape index (κ3) is 2.78. The summed E-state index contributed by atoms with van der Waals surface area (Å²) in [6.45, 7) is 1.76. The number of rotatable bonds is 4. The molecule has 1 amide bonds. The van der Waals surface area contributed by atoms with Gasteiger partial charge in [-0.2, -0.15) is 10.2 Å². The molecule has 0 saturated heterocycles. The second kappa shape index (κ2) is 6.62. The second-order valence-electron chi connectivity index (χ2n) is 6.29. The van der Waals surface area contributed by atoms with E-state index >= 15 is 0 Å². The number of imidazole rings is 1. The van der Waals surface area contributed by atoms with Crippen LogP contribution in [0.1, 0.15) is 21.6 Å². The number of aromatic nitrogens is 3. The average Bonchev–Trinajstić information content (AvgIpc) is 3.16. The van der Waals surface area contributed by atoms with Gasteiger partial charge in [-0.15, -0.1) is 0 Å². The van der Waals surface area contributed by atoms with Gasteiger partial charge in [0.15, 0.2) is 0 Å². The Labute approximate surface area is 159 Å². The largest absolute Gasteiger partial charge is 0.327 e. The number of benzene rings is 2. The molecule has 0 aliphatic rings. The standard InChI is InChI=1S/C19H16N6O3/c1-12-17(19-23(2)15-8-3-4-9-16(15)24(19)22-12)18(26)21-20-11-13-6-5-7-14(10-13)25(27)28/h3-11H,1-2H3,(H,21,26)/b20-11+. The van der Waals surface area contributed by atoms with E-state index in [1.54, 1.807) is 23.6 Å². The summed E-state index contributed by atoms with van der Waals surface area (Å²) in [7, 11) is 1.88. The predicted octanol–water partition coefficient (Wildman–Crippen LogP) is 2.81. The van der Waals surface area contributed by atoms with Crippen LogP contribution in [-0.4, -0.2) is 31.2 Å². The topological polar surface area (TPSA) is 107 Å². The zero-order valence-corrected chi connectivity index (χ0v) is 15.2. The first-order valence-corrected chi connectivity index (χ1v) is 8.48. The van der Waals surface area contributed by atoms with Crippen LogP contribution < -0.4 is 5.43 Å². The molecule has 1 N–H and O–H groups in total. The molecule has 2 heterocycles. The van der Waals surface area contributed by atoms with Crippen molar-refractivity contribution >= 4 is 34.5 Å². The monoisotopic (exact) mass is 376 g/mol. The van der Waals surface area contributed by atoms with Crippen LogP contribution in [-0.2, 0) is 7.05 Å². The van der Waals surface area contributed by atoms with Gasteiger partial charge >= 0.3 is 0 Å². The summed E-state index contributed by atoms with van der Waals surface area (Å²) < 4.78 is 3.65. The molecule has 0 aliphatic heterocycles. The normalized spacial score (nSPS) is 11.5. The number of nitro benzene ring substituents is 1. The Morgan fingerprint density at radius 3 is 2.71 bits per heavy atom. The van der Waals surface area contributed by atoms with Crippen LogP contribution in [0.15, 0.2) is 53.6 Å². The van der Waals surface area contributed by atoms with Gasteiger partial charge in [0.05, 0.1) is 27.9 Å². The lowest BCUT2D eigenvalue weighted by atomic mass is 10.2. The first-order chi connectivity index (χ1) is 13.5. The van der Waals surface area contributed by atoms with Crippen LogP contribution in [0.25, 0.3) is 16.7 Å². The average molecular weight is 376 g/mol. The lowest BCUT2D eigenvalue weighted by molar-refractivity contribution is -0.384. The van der Waals surface area contributed by atoms with E-state index in [9.17, 15) is 14.9 Å². The van der Waals surface area contributed by atoms with Gasteiger partial charge < -0.3 is 4.57 Å². The summed E-state index contributed by atoms with van der Waals surface area (Å²) in [5.74, 6) is -0.403. The first-order valence-electron chi connectivity index (χ1n) is 8.48. The van der Waals surface area contributed by atoms with Crippen molar-refractivity contribution in [2.45, 2.75) is 6.92 Å². The van der Waals surface area contributed by atoms with Crippen molar-refractivity contribution in [3.63, 3.8) is 0 Å². The maximum absolute atomic E-state index is 12.7. The number of carbonyl (C=O) groups excluding carboxylic acids is 1. The van der Waals surface area contributed by atoms with E-state index in [1.165, 1.54) is 18.3 Å². The van der Waals surface area contributed by atoms with Gasteiger partial charge in [-0.1, -0.05) is 24.3 Å². The number of para-hydroxylation sites is 2. The molecule has 0 atom stereocenters. The molecule has 28 heavy (non-hydrogen) atoms. The molecule has 140 valence electrons. The molecular formula is C19H16N6O3. The van der Waals surface area contributed by atoms with E-state index in [4.69, 9.17) is 0 Å². The minimum Gasteiger partial charge on any atom is -0.327 e. The van der Waals surface area contributed by atoms with Gasteiger partial charge in [-0.25, -0.2) is 9.94 Å². The highest BCUT2D eigenvalue weighted by Gasteiger charge is 2.22. The van der Waals surface area contributed by atoms with Gasteiger partial charge in [0.2, 0.25) is 0 Å². The lowest BCUT2D eigenvalue weighted by Crippen LogP contribution is -2.19. The summed E-state index contributed by atoms with van der Waals surface area (Å²) in [5, 5.41) is 19.3. The second-order valence-corrected chi connectivity index (χ2v) is 6.29. The van der Waals surface area contributed by atoms with Gasteiger partial charge in [-0.05, 0) is 19.1 Å². The van der Waals surface area contributed by atoms with Crippen LogP contribution in [0.2, 0.25) is 0 Å². The number of aryl methyl sites for hydroxylation is 2. The number of fused-ring (bicyclic) bond motifs is 3. The molecule has 2 aromatic carbocycles. The number of nitro groups is 1. The summed E-state index contributed by atoms with van der Waals surface area (Å²) in [6.07, 6.45) is 1.36. The Bertz CT molecular complexity index is 1270. The van der Waals surface area contributed by atoms with E-state index in [2.05, 4.69) is 15.6 Å².